The molecule has 1 unspecified atom stereocenters. The molecule has 0 spiro atoms. The average Bonchev–Trinajstić information content (AvgIpc) is 2.45. The Bertz CT molecular complexity index is 445. The Morgan fingerprint density at radius 3 is 2.50 bits per heavy atom. The molecule has 0 aliphatic carbocycles. The molecule has 1 fully saturated rings. The topological polar surface area (TPSA) is 18.5 Å². The van der Waals surface area contributed by atoms with Gasteiger partial charge in [0.2, 0.25) is 0 Å². The van der Waals surface area contributed by atoms with Gasteiger partial charge in [0.15, 0.2) is 6.29 Å². The quantitative estimate of drug-likeness (QED) is 0.823. The minimum absolute atomic E-state index is 0.227. The van der Waals surface area contributed by atoms with E-state index in [1.54, 1.807) is 0 Å². The molecule has 0 saturated carbocycles. The Morgan fingerprint density at radius 1 is 1.25 bits per heavy atom. The summed E-state index contributed by atoms with van der Waals surface area (Å²) in [5, 5.41) is 0. The van der Waals surface area contributed by atoms with Crippen molar-refractivity contribution < 1.29 is 22.6 Å². The summed E-state index contributed by atoms with van der Waals surface area (Å²) in [4.78, 5) is 0. The zero-order valence-corrected chi connectivity index (χ0v) is 11.1. The highest BCUT2D eigenvalue weighted by Gasteiger charge is 2.30. The summed E-state index contributed by atoms with van der Waals surface area (Å²) in [6, 6.07) is 4.93. The lowest BCUT2D eigenvalue weighted by molar-refractivity contribution is -0.154. The minimum Gasteiger partial charge on any atom is -0.353 e. The molecule has 2 nitrogen and oxygen atoms in total. The van der Waals surface area contributed by atoms with Gasteiger partial charge in [-0.3, -0.25) is 0 Å². The molecule has 2 rings (SSSR count). The van der Waals surface area contributed by atoms with Crippen molar-refractivity contribution in [2.75, 3.05) is 13.2 Å². The normalized spacial score (nSPS) is 19.9. The van der Waals surface area contributed by atoms with Gasteiger partial charge in [0.05, 0.1) is 12.2 Å². The fourth-order valence-corrected chi connectivity index (χ4v) is 2.01. The van der Waals surface area contributed by atoms with Crippen LogP contribution in [0.25, 0.3) is 5.57 Å². The van der Waals surface area contributed by atoms with Gasteiger partial charge in [-0.1, -0.05) is 18.7 Å². The zero-order valence-electron chi connectivity index (χ0n) is 11.1. The molecule has 1 aliphatic heterocycles. The molecule has 1 aromatic rings. The zero-order chi connectivity index (χ0) is 14.6. The third-order valence-corrected chi connectivity index (χ3v) is 3.20. The van der Waals surface area contributed by atoms with Gasteiger partial charge in [0, 0.05) is 6.61 Å². The van der Waals surface area contributed by atoms with Crippen molar-refractivity contribution in [2.45, 2.75) is 31.7 Å². The first-order chi connectivity index (χ1) is 9.47. The summed E-state index contributed by atoms with van der Waals surface area (Å²) in [5.41, 5.74) is 0.632. The maximum absolute atomic E-state index is 12.4. The van der Waals surface area contributed by atoms with Gasteiger partial charge in [-0.2, -0.15) is 13.2 Å². The van der Waals surface area contributed by atoms with Gasteiger partial charge < -0.3 is 9.47 Å². The highest BCUT2D eigenvalue weighted by molar-refractivity contribution is 5.64. The summed E-state index contributed by atoms with van der Waals surface area (Å²) in [6.07, 6.45) is -1.58. The Hall–Kier alpha value is -1.33. The standard InChI is InChI=1S/C15H17F3O2/c1-11(10-20-14-4-2-3-9-19-14)12-5-7-13(8-6-12)15(16,17)18/h5-8,14H,1-4,9-10H2. The Labute approximate surface area is 116 Å². The molecule has 0 N–H and O–H groups in total. The second-order valence-corrected chi connectivity index (χ2v) is 4.79. The Morgan fingerprint density at radius 2 is 1.95 bits per heavy atom. The van der Waals surface area contributed by atoms with Crippen LogP contribution in [0.3, 0.4) is 0 Å². The van der Waals surface area contributed by atoms with Crippen molar-refractivity contribution in [3.8, 4) is 0 Å². The fraction of sp³-hybridized carbons (Fsp3) is 0.467. The minimum atomic E-state index is -4.31. The van der Waals surface area contributed by atoms with E-state index < -0.39 is 11.7 Å². The van der Waals surface area contributed by atoms with Crippen molar-refractivity contribution in [2.24, 2.45) is 0 Å². The maximum atomic E-state index is 12.4. The number of halogens is 3. The Kier molecular flexibility index (Phi) is 4.83. The molecule has 110 valence electrons. The molecule has 0 bridgehead atoms. The lowest BCUT2D eigenvalue weighted by Gasteiger charge is -2.23. The first-order valence-corrected chi connectivity index (χ1v) is 6.55. The third-order valence-electron chi connectivity index (χ3n) is 3.20. The van der Waals surface area contributed by atoms with Crippen molar-refractivity contribution in [3.63, 3.8) is 0 Å². The van der Waals surface area contributed by atoms with Crippen LogP contribution in [0, 0.1) is 0 Å². The number of benzene rings is 1. The predicted molar refractivity (Wildman–Crippen MR) is 70.0 cm³/mol. The second-order valence-electron chi connectivity index (χ2n) is 4.79. The monoisotopic (exact) mass is 286 g/mol. The molecule has 1 heterocycles. The molecule has 1 saturated heterocycles. The molecule has 0 aromatic heterocycles. The highest BCUT2D eigenvalue weighted by Crippen LogP contribution is 2.30. The summed E-state index contributed by atoms with van der Waals surface area (Å²) in [5.74, 6) is 0. The van der Waals surface area contributed by atoms with Crippen LogP contribution in [0.1, 0.15) is 30.4 Å². The first kappa shape index (κ1) is 15.1. The van der Waals surface area contributed by atoms with E-state index in [4.69, 9.17) is 9.47 Å². The SMILES string of the molecule is C=C(COC1CCCCO1)c1ccc(C(F)(F)F)cc1. The summed E-state index contributed by atoms with van der Waals surface area (Å²) in [6.45, 7) is 4.79. The van der Waals surface area contributed by atoms with Crippen LogP contribution >= 0.6 is 0 Å². The molecule has 0 amide bonds. The molecule has 20 heavy (non-hydrogen) atoms. The molecule has 0 radical (unpaired) electrons. The number of alkyl halides is 3. The lowest BCUT2D eigenvalue weighted by atomic mass is 10.1. The average molecular weight is 286 g/mol. The first-order valence-electron chi connectivity index (χ1n) is 6.55. The van der Waals surface area contributed by atoms with Crippen molar-refractivity contribution in [1.29, 1.82) is 0 Å². The van der Waals surface area contributed by atoms with Crippen LogP contribution in [0.15, 0.2) is 30.8 Å². The molecule has 1 aromatic carbocycles. The third kappa shape index (κ3) is 4.08. The van der Waals surface area contributed by atoms with Crippen LogP contribution in [-0.4, -0.2) is 19.5 Å². The number of rotatable bonds is 4. The predicted octanol–water partition coefficient (Wildman–Crippen LogP) is 4.26. The van der Waals surface area contributed by atoms with Gasteiger partial charge in [-0.25, -0.2) is 0 Å². The van der Waals surface area contributed by atoms with E-state index in [1.165, 1.54) is 12.1 Å². The van der Waals surface area contributed by atoms with E-state index in [2.05, 4.69) is 6.58 Å². The van der Waals surface area contributed by atoms with Gasteiger partial charge in [0.25, 0.3) is 0 Å². The highest BCUT2D eigenvalue weighted by atomic mass is 19.4. The van der Waals surface area contributed by atoms with Gasteiger partial charge in [-0.05, 0) is 42.5 Å². The van der Waals surface area contributed by atoms with Crippen LogP contribution in [0.4, 0.5) is 13.2 Å². The van der Waals surface area contributed by atoms with E-state index in [0.29, 0.717) is 17.7 Å². The number of ether oxygens (including phenoxy) is 2. The van der Waals surface area contributed by atoms with Gasteiger partial charge >= 0.3 is 6.18 Å². The van der Waals surface area contributed by atoms with E-state index in [-0.39, 0.29) is 12.9 Å². The maximum Gasteiger partial charge on any atom is 0.416 e. The van der Waals surface area contributed by atoms with Crippen LogP contribution in [-0.2, 0) is 15.7 Å². The largest absolute Gasteiger partial charge is 0.416 e. The van der Waals surface area contributed by atoms with E-state index in [0.717, 1.165) is 31.4 Å². The molecular weight excluding hydrogens is 269 g/mol. The number of hydrogen-bond donors (Lipinski definition) is 0. The molecule has 1 atom stereocenters. The van der Waals surface area contributed by atoms with E-state index in [1.807, 2.05) is 0 Å². The lowest BCUT2D eigenvalue weighted by Crippen LogP contribution is -2.22. The van der Waals surface area contributed by atoms with Crippen molar-refractivity contribution in [3.05, 3.63) is 42.0 Å². The van der Waals surface area contributed by atoms with Crippen LogP contribution in [0.2, 0.25) is 0 Å². The summed E-state index contributed by atoms with van der Waals surface area (Å²) >= 11 is 0. The molecule has 1 aliphatic rings. The molecule has 5 heteroatoms. The van der Waals surface area contributed by atoms with Gasteiger partial charge in [0.1, 0.15) is 0 Å². The summed E-state index contributed by atoms with van der Waals surface area (Å²) in [7, 11) is 0. The van der Waals surface area contributed by atoms with E-state index in [9.17, 15) is 13.2 Å². The van der Waals surface area contributed by atoms with Crippen LogP contribution < -0.4 is 0 Å². The van der Waals surface area contributed by atoms with E-state index >= 15 is 0 Å². The number of hydrogen-bond acceptors (Lipinski definition) is 2. The summed E-state index contributed by atoms with van der Waals surface area (Å²) < 4.78 is 48.3. The van der Waals surface area contributed by atoms with Crippen molar-refractivity contribution >= 4 is 5.57 Å². The fourth-order valence-electron chi connectivity index (χ4n) is 2.01. The van der Waals surface area contributed by atoms with Crippen LogP contribution in [0.5, 0.6) is 0 Å². The second kappa shape index (κ2) is 6.41. The van der Waals surface area contributed by atoms with Crippen molar-refractivity contribution in [1.82, 2.24) is 0 Å². The smallest absolute Gasteiger partial charge is 0.353 e. The molecular formula is C15H17F3O2. The van der Waals surface area contributed by atoms with Gasteiger partial charge in [-0.15, -0.1) is 0 Å². The Balaban J connectivity index is 1.89.